The maximum Gasteiger partial charge on any atom is 0.433 e. The fraction of sp³-hybridized carbons (Fsp3) is 0.458. The van der Waals surface area contributed by atoms with Gasteiger partial charge in [-0.1, -0.05) is 11.6 Å². The van der Waals surface area contributed by atoms with E-state index in [1.54, 1.807) is 4.90 Å². The first kappa shape index (κ1) is 25.5. The molecule has 37 heavy (non-hydrogen) atoms. The van der Waals surface area contributed by atoms with E-state index in [4.69, 9.17) is 11.6 Å². The van der Waals surface area contributed by atoms with E-state index in [0.717, 1.165) is 12.3 Å². The van der Waals surface area contributed by atoms with Crippen molar-refractivity contribution in [3.63, 3.8) is 0 Å². The minimum Gasteiger partial charge on any atom is -0.393 e. The van der Waals surface area contributed by atoms with Crippen LogP contribution in [0.4, 0.5) is 28.0 Å². The second kappa shape index (κ2) is 9.64. The lowest BCUT2D eigenvalue weighted by molar-refractivity contribution is -0.140. The van der Waals surface area contributed by atoms with Crippen molar-refractivity contribution in [2.45, 2.75) is 49.5 Å². The van der Waals surface area contributed by atoms with Crippen LogP contribution in [0.3, 0.4) is 0 Å². The number of carbonyl (C=O) groups is 1. The fourth-order valence-corrected chi connectivity index (χ4v) is 5.11. The highest BCUT2D eigenvalue weighted by molar-refractivity contribution is 6.31. The summed E-state index contributed by atoms with van der Waals surface area (Å²) in [7, 11) is 0. The Morgan fingerprint density at radius 3 is 2.57 bits per heavy atom. The second-order valence-electron chi connectivity index (χ2n) is 9.71. The molecule has 0 unspecified atom stereocenters. The summed E-state index contributed by atoms with van der Waals surface area (Å²) >= 11 is 6.09. The minimum absolute atomic E-state index is 0.0418. The standard InChI is InChI=1S/C24H25ClF4N6O2/c25-14-1-6-19-18(7-14)20(8-21(33-19)24(27,28)29)30-11-23(35-10-15(26)9-31-35)12-34(13-23)22(37)32-16-2-4-17(36)5-3-16/h1,6-10,16-17,36H,2-5,11-13H2,(H,30,33)(H,32,37). The van der Waals surface area contributed by atoms with Crippen LogP contribution in [0.5, 0.6) is 0 Å². The number of fused-ring (bicyclic) bond motifs is 1. The molecule has 3 N–H and O–H groups in total. The number of hydrogen-bond donors (Lipinski definition) is 3. The summed E-state index contributed by atoms with van der Waals surface area (Å²) in [6.07, 6.45) is -0.169. The summed E-state index contributed by atoms with van der Waals surface area (Å²) < 4.78 is 55.8. The molecule has 198 valence electrons. The van der Waals surface area contributed by atoms with E-state index in [9.17, 15) is 27.5 Å². The van der Waals surface area contributed by atoms with E-state index < -0.39 is 23.2 Å². The number of anilines is 1. The first-order chi connectivity index (χ1) is 17.5. The van der Waals surface area contributed by atoms with Gasteiger partial charge in [-0.05, 0) is 49.9 Å². The molecule has 1 aliphatic heterocycles. The fourth-order valence-electron chi connectivity index (χ4n) is 4.94. The van der Waals surface area contributed by atoms with Crippen LogP contribution in [0.2, 0.25) is 5.02 Å². The number of alkyl halides is 3. The van der Waals surface area contributed by atoms with Gasteiger partial charge in [-0.2, -0.15) is 18.3 Å². The van der Waals surface area contributed by atoms with E-state index in [2.05, 4.69) is 20.7 Å². The summed E-state index contributed by atoms with van der Waals surface area (Å²) in [5, 5.41) is 20.5. The number of aliphatic hydroxyl groups is 1. The Morgan fingerprint density at radius 1 is 1.19 bits per heavy atom. The number of aromatic nitrogens is 3. The van der Waals surface area contributed by atoms with Gasteiger partial charge in [0, 0.05) is 28.7 Å². The molecule has 2 aliphatic rings. The van der Waals surface area contributed by atoms with Crippen LogP contribution in [0.25, 0.3) is 10.9 Å². The third-order valence-electron chi connectivity index (χ3n) is 6.99. The van der Waals surface area contributed by atoms with Crippen molar-refractivity contribution in [3.8, 4) is 0 Å². The Hall–Kier alpha value is -3.12. The predicted molar refractivity (Wildman–Crippen MR) is 129 cm³/mol. The van der Waals surface area contributed by atoms with Gasteiger partial charge >= 0.3 is 12.2 Å². The molecular formula is C24H25ClF4N6O2. The first-order valence-electron chi connectivity index (χ1n) is 11.9. The molecule has 0 radical (unpaired) electrons. The van der Waals surface area contributed by atoms with Crippen molar-refractivity contribution in [2.24, 2.45) is 0 Å². The SMILES string of the molecule is O=C(NC1CCC(O)CC1)N1CC(CNc2cc(C(F)(F)F)nc3ccc(Cl)cc23)(n2cc(F)cn2)C1. The lowest BCUT2D eigenvalue weighted by atomic mass is 9.89. The third-order valence-corrected chi connectivity index (χ3v) is 7.22. The number of rotatable bonds is 5. The lowest BCUT2D eigenvalue weighted by Gasteiger charge is -2.50. The zero-order valence-electron chi connectivity index (χ0n) is 19.6. The summed E-state index contributed by atoms with van der Waals surface area (Å²) in [4.78, 5) is 18.1. The van der Waals surface area contributed by atoms with Crippen LogP contribution in [0, 0.1) is 5.82 Å². The van der Waals surface area contributed by atoms with Gasteiger partial charge in [-0.15, -0.1) is 0 Å². The zero-order valence-corrected chi connectivity index (χ0v) is 20.4. The highest BCUT2D eigenvalue weighted by Gasteiger charge is 2.48. The molecular weight excluding hydrogens is 516 g/mol. The monoisotopic (exact) mass is 540 g/mol. The van der Waals surface area contributed by atoms with E-state index in [-0.39, 0.29) is 49.0 Å². The largest absolute Gasteiger partial charge is 0.433 e. The molecule has 5 rings (SSSR count). The number of halogens is 5. The van der Waals surface area contributed by atoms with Gasteiger partial charge in [0.1, 0.15) is 11.2 Å². The van der Waals surface area contributed by atoms with E-state index in [1.807, 2.05) is 0 Å². The summed E-state index contributed by atoms with van der Waals surface area (Å²) in [6, 6.07) is 4.98. The van der Waals surface area contributed by atoms with Gasteiger partial charge < -0.3 is 20.6 Å². The number of hydrogen-bond acceptors (Lipinski definition) is 5. The number of benzene rings is 1. The molecule has 1 aromatic carbocycles. The number of urea groups is 1. The highest BCUT2D eigenvalue weighted by atomic mass is 35.5. The number of aliphatic hydroxyl groups excluding tert-OH is 1. The van der Waals surface area contributed by atoms with Gasteiger partial charge in [0.15, 0.2) is 5.82 Å². The van der Waals surface area contributed by atoms with Crippen molar-refractivity contribution in [3.05, 3.63) is 53.2 Å². The quantitative estimate of drug-likeness (QED) is 0.418. The number of pyridine rings is 1. The Labute approximate surface area is 214 Å². The Kier molecular flexibility index (Phi) is 6.65. The van der Waals surface area contributed by atoms with Crippen molar-refractivity contribution < 1.29 is 27.5 Å². The predicted octanol–water partition coefficient (Wildman–Crippen LogP) is 4.38. The van der Waals surface area contributed by atoms with Gasteiger partial charge in [-0.3, -0.25) is 4.68 Å². The minimum atomic E-state index is -4.66. The number of amides is 2. The van der Waals surface area contributed by atoms with Crippen LogP contribution in [-0.4, -0.2) is 62.6 Å². The lowest BCUT2D eigenvalue weighted by Crippen LogP contribution is -2.69. The van der Waals surface area contributed by atoms with Crippen molar-refractivity contribution >= 4 is 34.2 Å². The third kappa shape index (κ3) is 5.30. The molecule has 0 spiro atoms. The molecule has 2 aromatic heterocycles. The normalized spacial score (nSPS) is 21.5. The van der Waals surface area contributed by atoms with Gasteiger partial charge in [0.25, 0.3) is 0 Å². The van der Waals surface area contributed by atoms with Crippen molar-refractivity contribution in [2.75, 3.05) is 25.0 Å². The summed E-state index contributed by atoms with van der Waals surface area (Å²) in [5.41, 5.74) is -1.67. The summed E-state index contributed by atoms with van der Waals surface area (Å²) in [5.74, 6) is -0.566. The van der Waals surface area contributed by atoms with E-state index >= 15 is 0 Å². The average Bonchev–Trinajstić information content (AvgIpc) is 3.25. The summed E-state index contributed by atoms with van der Waals surface area (Å²) in [6.45, 7) is 0.396. The molecule has 13 heteroatoms. The van der Waals surface area contributed by atoms with Crippen LogP contribution < -0.4 is 10.6 Å². The van der Waals surface area contributed by atoms with Crippen molar-refractivity contribution in [1.29, 1.82) is 0 Å². The Morgan fingerprint density at radius 2 is 1.92 bits per heavy atom. The molecule has 0 atom stereocenters. The van der Waals surface area contributed by atoms with E-state index in [1.165, 1.54) is 29.1 Å². The molecule has 0 bridgehead atoms. The Balaban J connectivity index is 1.36. The van der Waals surface area contributed by atoms with Crippen LogP contribution in [0.15, 0.2) is 36.7 Å². The van der Waals surface area contributed by atoms with Crippen LogP contribution >= 0.6 is 11.6 Å². The van der Waals surface area contributed by atoms with Crippen LogP contribution in [-0.2, 0) is 11.7 Å². The molecule has 3 aromatic rings. The topological polar surface area (TPSA) is 95.3 Å². The molecule has 8 nitrogen and oxygen atoms in total. The zero-order chi connectivity index (χ0) is 26.4. The van der Waals surface area contributed by atoms with E-state index in [0.29, 0.717) is 36.1 Å². The number of nitrogens with one attached hydrogen (secondary N) is 2. The van der Waals surface area contributed by atoms with Crippen molar-refractivity contribution in [1.82, 2.24) is 25.0 Å². The van der Waals surface area contributed by atoms with Crippen LogP contribution in [0.1, 0.15) is 31.4 Å². The highest BCUT2D eigenvalue weighted by Crippen LogP contribution is 2.36. The number of likely N-dealkylation sites (tertiary alicyclic amines) is 1. The molecule has 1 saturated heterocycles. The number of carbonyl (C=O) groups excluding carboxylic acids is 1. The molecule has 1 aliphatic carbocycles. The first-order valence-corrected chi connectivity index (χ1v) is 12.3. The number of nitrogens with zero attached hydrogens (tertiary/aromatic N) is 4. The van der Waals surface area contributed by atoms with Gasteiger partial charge in [-0.25, -0.2) is 14.2 Å². The molecule has 2 fully saturated rings. The van der Waals surface area contributed by atoms with Gasteiger partial charge in [0.2, 0.25) is 0 Å². The smallest absolute Gasteiger partial charge is 0.393 e. The molecule has 1 saturated carbocycles. The maximum atomic E-state index is 13.8. The van der Waals surface area contributed by atoms with Gasteiger partial charge in [0.05, 0.1) is 37.1 Å². The second-order valence-corrected chi connectivity index (χ2v) is 10.1. The maximum absolute atomic E-state index is 13.8. The molecule has 3 heterocycles. The average molecular weight is 541 g/mol. The Bertz CT molecular complexity index is 1300. The molecule has 2 amide bonds.